The average Bonchev–Trinajstić information content (AvgIpc) is 2.40. The van der Waals surface area contributed by atoms with E-state index in [4.69, 9.17) is 0 Å². The Labute approximate surface area is 127 Å². The maximum atomic E-state index is 14.0. The predicted molar refractivity (Wildman–Crippen MR) is 71.6 cm³/mol. The first kappa shape index (κ1) is 19.6. The van der Waals surface area contributed by atoms with Crippen molar-refractivity contribution in [1.29, 1.82) is 0 Å². The summed E-state index contributed by atoms with van der Waals surface area (Å²) in [6.07, 6.45) is -5.02. The lowest BCUT2D eigenvalue weighted by atomic mass is 9.81. The second-order valence-electron chi connectivity index (χ2n) is 6.24. The summed E-state index contributed by atoms with van der Waals surface area (Å²) in [7, 11) is 0. The molecule has 1 saturated carbocycles. The van der Waals surface area contributed by atoms with Crippen LogP contribution in [-0.4, -0.2) is 29.0 Å². The molecule has 0 aromatic rings. The molecule has 0 aliphatic heterocycles. The highest BCUT2D eigenvalue weighted by molar-refractivity contribution is 5.00. The molecule has 1 fully saturated rings. The van der Waals surface area contributed by atoms with Gasteiger partial charge in [-0.15, -0.1) is 0 Å². The second-order valence-corrected chi connectivity index (χ2v) is 6.24. The van der Waals surface area contributed by atoms with Crippen LogP contribution in [0.25, 0.3) is 0 Å². The van der Waals surface area contributed by atoms with E-state index in [1.807, 2.05) is 0 Å². The van der Waals surface area contributed by atoms with Crippen LogP contribution in [0.3, 0.4) is 0 Å². The van der Waals surface area contributed by atoms with Crippen LogP contribution in [0.1, 0.15) is 70.6 Å². The molecule has 1 aliphatic carbocycles. The van der Waals surface area contributed by atoms with Crippen LogP contribution in [0.2, 0.25) is 0 Å². The molecule has 0 heterocycles. The molecular weight excluding hydrogens is 310 g/mol. The minimum atomic E-state index is -5.68. The maximum Gasteiger partial charge on any atom is 0.425 e. The molecular formula is C15H24F6O. The molecule has 1 N–H and O–H groups in total. The van der Waals surface area contributed by atoms with Gasteiger partial charge in [-0.05, 0) is 12.8 Å². The van der Waals surface area contributed by atoms with Gasteiger partial charge in [-0.1, -0.05) is 57.8 Å². The third kappa shape index (κ3) is 5.03. The van der Waals surface area contributed by atoms with Crippen molar-refractivity contribution in [1.82, 2.24) is 0 Å². The van der Waals surface area contributed by atoms with Gasteiger partial charge in [-0.3, -0.25) is 0 Å². The van der Waals surface area contributed by atoms with E-state index < -0.39 is 36.7 Å². The third-order valence-corrected chi connectivity index (χ3v) is 4.41. The summed E-state index contributed by atoms with van der Waals surface area (Å²) in [5.41, 5.74) is -2.93. The molecule has 0 spiro atoms. The summed E-state index contributed by atoms with van der Waals surface area (Å²) in [6.45, 7) is 0. The maximum absolute atomic E-state index is 14.0. The molecule has 22 heavy (non-hydrogen) atoms. The van der Waals surface area contributed by atoms with E-state index in [0.29, 0.717) is 12.8 Å². The fourth-order valence-electron chi connectivity index (χ4n) is 2.97. The zero-order valence-electron chi connectivity index (χ0n) is 12.6. The van der Waals surface area contributed by atoms with Crippen LogP contribution in [0.15, 0.2) is 0 Å². The van der Waals surface area contributed by atoms with Crippen LogP contribution < -0.4 is 0 Å². The SMILES string of the molecule is OC1(C(F)(F)C(F)C(F)(F)F)CCCCCCCCCCC1. The third-order valence-electron chi connectivity index (χ3n) is 4.41. The average molecular weight is 334 g/mol. The number of hydrogen-bond donors (Lipinski definition) is 1. The van der Waals surface area contributed by atoms with Crippen LogP contribution in [0.4, 0.5) is 26.3 Å². The Bertz CT molecular complexity index is 316. The monoisotopic (exact) mass is 334 g/mol. The van der Waals surface area contributed by atoms with Gasteiger partial charge in [0, 0.05) is 0 Å². The quantitative estimate of drug-likeness (QED) is 0.656. The second kappa shape index (κ2) is 7.88. The molecule has 1 nitrogen and oxygen atoms in total. The van der Waals surface area contributed by atoms with Crippen molar-refractivity contribution in [3.05, 3.63) is 0 Å². The van der Waals surface area contributed by atoms with E-state index in [9.17, 15) is 31.4 Å². The minimum Gasteiger partial charge on any atom is -0.383 e. The zero-order valence-corrected chi connectivity index (χ0v) is 12.6. The Kier molecular flexibility index (Phi) is 7.02. The summed E-state index contributed by atoms with van der Waals surface area (Å²) in [4.78, 5) is 0. The Balaban J connectivity index is 2.86. The van der Waals surface area contributed by atoms with Gasteiger partial charge in [0.15, 0.2) is 0 Å². The van der Waals surface area contributed by atoms with E-state index in [1.54, 1.807) is 0 Å². The summed E-state index contributed by atoms with van der Waals surface area (Å²) >= 11 is 0. The fourth-order valence-corrected chi connectivity index (χ4v) is 2.97. The van der Waals surface area contributed by atoms with Crippen LogP contribution in [0, 0.1) is 0 Å². The Morgan fingerprint density at radius 3 is 1.32 bits per heavy atom. The van der Waals surface area contributed by atoms with E-state index in [-0.39, 0.29) is 12.8 Å². The summed E-state index contributed by atoms with van der Waals surface area (Å²) in [6, 6.07) is 0. The highest BCUT2D eigenvalue weighted by Crippen LogP contribution is 2.46. The Hall–Kier alpha value is -0.460. The highest BCUT2D eigenvalue weighted by Gasteiger charge is 2.66. The van der Waals surface area contributed by atoms with Gasteiger partial charge < -0.3 is 5.11 Å². The van der Waals surface area contributed by atoms with E-state index in [0.717, 1.165) is 32.1 Å². The van der Waals surface area contributed by atoms with Crippen LogP contribution in [0.5, 0.6) is 0 Å². The fraction of sp³-hybridized carbons (Fsp3) is 1.00. The molecule has 0 aromatic heterocycles. The van der Waals surface area contributed by atoms with Gasteiger partial charge in [0.05, 0.1) is 0 Å². The molecule has 0 radical (unpaired) electrons. The standard InChI is InChI=1S/C15H24F6O/c16-12(15(19,20)21)14(17,18)13(22)10-8-6-4-2-1-3-5-7-9-11-13/h12,22H,1-11H2. The lowest BCUT2D eigenvalue weighted by Crippen LogP contribution is -2.58. The van der Waals surface area contributed by atoms with Gasteiger partial charge in [-0.25, -0.2) is 4.39 Å². The predicted octanol–water partition coefficient (Wildman–Crippen LogP) is 5.56. The van der Waals surface area contributed by atoms with Crippen molar-refractivity contribution in [3.8, 4) is 0 Å². The largest absolute Gasteiger partial charge is 0.425 e. The number of hydrogen-bond acceptors (Lipinski definition) is 1. The van der Waals surface area contributed by atoms with Gasteiger partial charge in [0.25, 0.3) is 6.17 Å². The molecule has 1 unspecified atom stereocenters. The topological polar surface area (TPSA) is 20.2 Å². The molecule has 1 rings (SSSR count). The van der Waals surface area contributed by atoms with Crippen molar-refractivity contribution < 1.29 is 31.4 Å². The first-order valence-electron chi connectivity index (χ1n) is 7.92. The van der Waals surface area contributed by atoms with E-state index >= 15 is 0 Å². The van der Waals surface area contributed by atoms with Crippen molar-refractivity contribution >= 4 is 0 Å². The summed E-state index contributed by atoms with van der Waals surface area (Å²) in [5.74, 6) is -4.82. The molecule has 1 atom stereocenters. The lowest BCUT2D eigenvalue weighted by Gasteiger charge is -2.38. The molecule has 0 saturated heterocycles. The van der Waals surface area contributed by atoms with Gasteiger partial charge in [-0.2, -0.15) is 22.0 Å². The first-order chi connectivity index (χ1) is 10.1. The van der Waals surface area contributed by atoms with Crippen molar-refractivity contribution in [3.63, 3.8) is 0 Å². The minimum absolute atomic E-state index is 0.177. The molecule has 7 heteroatoms. The van der Waals surface area contributed by atoms with Crippen LogP contribution in [-0.2, 0) is 0 Å². The molecule has 0 aromatic carbocycles. The first-order valence-corrected chi connectivity index (χ1v) is 7.92. The molecule has 132 valence electrons. The lowest BCUT2D eigenvalue weighted by molar-refractivity contribution is -0.296. The summed E-state index contributed by atoms with van der Waals surface area (Å²) in [5, 5.41) is 10.1. The molecule has 0 bridgehead atoms. The van der Waals surface area contributed by atoms with Crippen molar-refractivity contribution in [2.75, 3.05) is 0 Å². The number of rotatable bonds is 2. The van der Waals surface area contributed by atoms with Crippen molar-refractivity contribution in [2.24, 2.45) is 0 Å². The Morgan fingerprint density at radius 2 is 1.00 bits per heavy atom. The summed E-state index contributed by atoms with van der Waals surface area (Å²) < 4.78 is 78.2. The Morgan fingerprint density at radius 1 is 0.682 bits per heavy atom. The van der Waals surface area contributed by atoms with Crippen molar-refractivity contribution in [2.45, 2.75) is 94.5 Å². The normalized spacial score (nSPS) is 24.1. The van der Waals surface area contributed by atoms with E-state index in [1.165, 1.54) is 0 Å². The van der Waals surface area contributed by atoms with Crippen LogP contribution >= 0.6 is 0 Å². The number of alkyl halides is 6. The highest BCUT2D eigenvalue weighted by atomic mass is 19.4. The zero-order chi connectivity index (χ0) is 16.9. The van der Waals surface area contributed by atoms with E-state index in [2.05, 4.69) is 0 Å². The number of aliphatic hydroxyl groups is 1. The van der Waals surface area contributed by atoms with Gasteiger partial charge in [0.2, 0.25) is 0 Å². The van der Waals surface area contributed by atoms with Gasteiger partial charge in [0.1, 0.15) is 5.60 Å². The number of halogens is 6. The van der Waals surface area contributed by atoms with Gasteiger partial charge >= 0.3 is 12.1 Å². The molecule has 1 aliphatic rings. The smallest absolute Gasteiger partial charge is 0.383 e. The molecule has 0 amide bonds.